The van der Waals surface area contributed by atoms with Gasteiger partial charge in [0.25, 0.3) is 0 Å². The summed E-state index contributed by atoms with van der Waals surface area (Å²) in [7, 11) is 0. The number of aliphatic carboxylic acids is 1. The first kappa shape index (κ1) is 14.2. The zero-order chi connectivity index (χ0) is 14.0. The van der Waals surface area contributed by atoms with Crippen LogP contribution in [-0.4, -0.2) is 40.6 Å². The SMILES string of the molecule is CC1CCCC(NC(=O)N2CCC(C)C2C(=O)O)C1. The van der Waals surface area contributed by atoms with Gasteiger partial charge in [-0.15, -0.1) is 0 Å². The molecule has 0 aromatic heterocycles. The number of rotatable bonds is 2. The van der Waals surface area contributed by atoms with E-state index in [9.17, 15) is 14.7 Å². The van der Waals surface area contributed by atoms with Gasteiger partial charge < -0.3 is 15.3 Å². The molecule has 4 atom stereocenters. The molecule has 1 saturated heterocycles. The minimum absolute atomic E-state index is 0.0357. The highest BCUT2D eigenvalue weighted by molar-refractivity contribution is 5.83. The number of nitrogens with one attached hydrogen (secondary N) is 1. The molecule has 2 N–H and O–H groups in total. The Morgan fingerprint density at radius 2 is 1.95 bits per heavy atom. The maximum Gasteiger partial charge on any atom is 0.326 e. The van der Waals surface area contributed by atoms with Crippen LogP contribution in [0.4, 0.5) is 4.79 Å². The Hall–Kier alpha value is -1.26. The summed E-state index contributed by atoms with van der Waals surface area (Å²) in [5.74, 6) is -0.211. The summed E-state index contributed by atoms with van der Waals surface area (Å²) in [6.45, 7) is 4.65. The number of urea groups is 1. The summed E-state index contributed by atoms with van der Waals surface area (Å²) in [4.78, 5) is 25.0. The highest BCUT2D eigenvalue weighted by atomic mass is 16.4. The Balaban J connectivity index is 1.94. The van der Waals surface area contributed by atoms with Gasteiger partial charge in [-0.25, -0.2) is 9.59 Å². The Bertz CT molecular complexity index is 359. The predicted octanol–water partition coefficient (Wildman–Crippen LogP) is 2.07. The van der Waals surface area contributed by atoms with E-state index in [-0.39, 0.29) is 18.0 Å². The maximum atomic E-state index is 12.2. The zero-order valence-corrected chi connectivity index (χ0v) is 11.8. The van der Waals surface area contributed by atoms with Gasteiger partial charge in [-0.1, -0.05) is 26.7 Å². The average Bonchev–Trinajstić information content (AvgIpc) is 2.71. The van der Waals surface area contributed by atoms with Gasteiger partial charge in [-0.2, -0.15) is 0 Å². The second-order valence-electron chi connectivity index (χ2n) is 6.16. The summed E-state index contributed by atoms with van der Waals surface area (Å²) in [6, 6.07) is -0.654. The van der Waals surface area contributed by atoms with Crippen LogP contribution in [0.3, 0.4) is 0 Å². The third kappa shape index (κ3) is 3.19. The largest absolute Gasteiger partial charge is 0.480 e. The Kier molecular flexibility index (Phi) is 4.32. The van der Waals surface area contributed by atoms with E-state index in [0.717, 1.165) is 25.7 Å². The topological polar surface area (TPSA) is 69.6 Å². The number of hydrogen-bond acceptors (Lipinski definition) is 2. The smallest absolute Gasteiger partial charge is 0.326 e. The molecular weight excluding hydrogens is 244 g/mol. The summed E-state index contributed by atoms with van der Waals surface area (Å²) < 4.78 is 0. The van der Waals surface area contributed by atoms with Crippen molar-refractivity contribution in [3.8, 4) is 0 Å². The monoisotopic (exact) mass is 268 g/mol. The van der Waals surface area contributed by atoms with Crippen LogP contribution >= 0.6 is 0 Å². The highest BCUT2D eigenvalue weighted by Gasteiger charge is 2.40. The van der Waals surface area contributed by atoms with Crippen LogP contribution in [0.25, 0.3) is 0 Å². The molecule has 5 nitrogen and oxygen atoms in total. The molecule has 0 radical (unpaired) electrons. The number of amides is 2. The fourth-order valence-corrected chi connectivity index (χ4v) is 3.37. The van der Waals surface area contributed by atoms with Crippen molar-refractivity contribution >= 4 is 12.0 Å². The molecule has 1 aliphatic heterocycles. The quantitative estimate of drug-likeness (QED) is 0.805. The van der Waals surface area contributed by atoms with E-state index in [1.165, 1.54) is 11.3 Å². The van der Waals surface area contributed by atoms with E-state index in [1.54, 1.807) is 0 Å². The predicted molar refractivity (Wildman–Crippen MR) is 71.9 cm³/mol. The van der Waals surface area contributed by atoms with Crippen molar-refractivity contribution in [1.82, 2.24) is 10.2 Å². The number of likely N-dealkylation sites (tertiary alicyclic amines) is 1. The van der Waals surface area contributed by atoms with Crippen molar-refractivity contribution in [2.45, 2.75) is 58.0 Å². The van der Waals surface area contributed by atoms with Crippen molar-refractivity contribution in [3.05, 3.63) is 0 Å². The van der Waals surface area contributed by atoms with E-state index in [0.29, 0.717) is 12.5 Å². The third-order valence-corrected chi connectivity index (χ3v) is 4.48. The van der Waals surface area contributed by atoms with Crippen LogP contribution in [0.1, 0.15) is 46.0 Å². The molecule has 108 valence electrons. The molecule has 2 rings (SSSR count). The van der Waals surface area contributed by atoms with Crippen molar-refractivity contribution in [2.24, 2.45) is 11.8 Å². The van der Waals surface area contributed by atoms with E-state index in [4.69, 9.17) is 0 Å². The highest BCUT2D eigenvalue weighted by Crippen LogP contribution is 2.26. The minimum atomic E-state index is -0.892. The first-order valence-electron chi connectivity index (χ1n) is 7.29. The zero-order valence-electron chi connectivity index (χ0n) is 11.8. The van der Waals surface area contributed by atoms with Crippen LogP contribution in [0, 0.1) is 11.8 Å². The van der Waals surface area contributed by atoms with Crippen LogP contribution in [0.15, 0.2) is 0 Å². The van der Waals surface area contributed by atoms with Gasteiger partial charge in [-0.3, -0.25) is 0 Å². The van der Waals surface area contributed by atoms with Gasteiger partial charge in [0.05, 0.1) is 0 Å². The Labute approximate surface area is 114 Å². The molecule has 0 bridgehead atoms. The lowest BCUT2D eigenvalue weighted by Crippen LogP contribution is -2.50. The Morgan fingerprint density at radius 1 is 1.21 bits per heavy atom. The van der Waals surface area contributed by atoms with Gasteiger partial charge in [0.1, 0.15) is 6.04 Å². The van der Waals surface area contributed by atoms with E-state index < -0.39 is 12.0 Å². The summed E-state index contributed by atoms with van der Waals surface area (Å²) in [5.41, 5.74) is 0. The molecule has 19 heavy (non-hydrogen) atoms. The molecule has 2 fully saturated rings. The molecular formula is C14H24N2O3. The molecule has 2 aliphatic rings. The molecule has 2 amide bonds. The average molecular weight is 268 g/mol. The number of carboxylic acids is 1. The third-order valence-electron chi connectivity index (χ3n) is 4.48. The molecule has 0 aromatic rings. The van der Waals surface area contributed by atoms with Crippen molar-refractivity contribution < 1.29 is 14.7 Å². The molecule has 0 aromatic carbocycles. The first-order valence-corrected chi connectivity index (χ1v) is 7.29. The van der Waals surface area contributed by atoms with Crippen LogP contribution < -0.4 is 5.32 Å². The van der Waals surface area contributed by atoms with Gasteiger partial charge in [0, 0.05) is 12.6 Å². The van der Waals surface area contributed by atoms with Crippen LogP contribution in [0.5, 0.6) is 0 Å². The van der Waals surface area contributed by atoms with Gasteiger partial charge >= 0.3 is 12.0 Å². The number of carboxylic acid groups (broad SMARTS) is 1. The maximum absolute atomic E-state index is 12.2. The van der Waals surface area contributed by atoms with Crippen molar-refractivity contribution in [3.63, 3.8) is 0 Å². The number of carbonyl (C=O) groups is 2. The summed E-state index contributed by atoms with van der Waals surface area (Å²) in [6.07, 6.45) is 5.16. The van der Waals surface area contributed by atoms with Crippen LogP contribution in [-0.2, 0) is 4.79 Å². The van der Waals surface area contributed by atoms with Gasteiger partial charge in [-0.05, 0) is 31.1 Å². The first-order chi connectivity index (χ1) is 8.99. The van der Waals surface area contributed by atoms with E-state index in [1.807, 2.05) is 6.92 Å². The standard InChI is InChI=1S/C14H24N2O3/c1-9-4-3-5-11(8-9)15-14(19)16-7-6-10(2)12(16)13(17)18/h9-12H,3-8H2,1-2H3,(H,15,19)(H,17,18). The van der Waals surface area contributed by atoms with Crippen LogP contribution in [0.2, 0.25) is 0 Å². The number of carbonyl (C=O) groups excluding carboxylic acids is 1. The van der Waals surface area contributed by atoms with Crippen molar-refractivity contribution in [1.29, 1.82) is 0 Å². The summed E-state index contributed by atoms with van der Waals surface area (Å²) in [5, 5.41) is 12.2. The molecule has 1 aliphatic carbocycles. The fourth-order valence-electron chi connectivity index (χ4n) is 3.37. The number of nitrogens with zero attached hydrogens (tertiary/aromatic N) is 1. The lowest BCUT2D eigenvalue weighted by molar-refractivity contribution is -0.142. The molecule has 4 unspecified atom stereocenters. The van der Waals surface area contributed by atoms with Gasteiger partial charge in [0.15, 0.2) is 0 Å². The molecule has 0 spiro atoms. The lowest BCUT2D eigenvalue weighted by Gasteiger charge is -2.31. The number of hydrogen-bond donors (Lipinski definition) is 2. The lowest BCUT2D eigenvalue weighted by atomic mass is 9.87. The van der Waals surface area contributed by atoms with E-state index >= 15 is 0 Å². The summed E-state index contributed by atoms with van der Waals surface area (Å²) >= 11 is 0. The second kappa shape index (κ2) is 5.80. The molecule has 1 saturated carbocycles. The fraction of sp³-hybridized carbons (Fsp3) is 0.857. The Morgan fingerprint density at radius 3 is 2.58 bits per heavy atom. The normalized spacial score (nSPS) is 35.2. The second-order valence-corrected chi connectivity index (χ2v) is 6.16. The van der Waals surface area contributed by atoms with E-state index in [2.05, 4.69) is 12.2 Å². The van der Waals surface area contributed by atoms with Crippen molar-refractivity contribution in [2.75, 3.05) is 6.54 Å². The van der Waals surface area contributed by atoms with Gasteiger partial charge in [0.2, 0.25) is 0 Å². The molecule has 5 heteroatoms. The minimum Gasteiger partial charge on any atom is -0.480 e. The molecule has 1 heterocycles.